The van der Waals surface area contributed by atoms with Gasteiger partial charge in [-0.3, -0.25) is 10.00 Å². The van der Waals surface area contributed by atoms with Crippen molar-refractivity contribution >= 4 is 17.5 Å². The first-order chi connectivity index (χ1) is 10.9. The molecule has 10 heteroatoms. The van der Waals surface area contributed by atoms with E-state index in [1.54, 1.807) is 24.1 Å². The van der Waals surface area contributed by atoms with Crippen LogP contribution in [0.5, 0.6) is 0 Å². The maximum absolute atomic E-state index is 12.4. The molecular weight excluding hydrogens is 315 g/mol. The van der Waals surface area contributed by atoms with Gasteiger partial charge < -0.3 is 10.1 Å². The molecule has 0 atom stereocenters. The fourth-order valence-electron chi connectivity index (χ4n) is 1.65. The van der Waals surface area contributed by atoms with Gasteiger partial charge in [0.25, 0.3) is 0 Å². The number of aromatic nitrogens is 3. The molecule has 0 fully saturated rings. The van der Waals surface area contributed by atoms with Crippen molar-refractivity contribution in [2.24, 2.45) is 0 Å². The number of rotatable bonds is 5. The van der Waals surface area contributed by atoms with Crippen LogP contribution in [0.1, 0.15) is 5.69 Å². The highest BCUT2D eigenvalue weighted by Crippen LogP contribution is 2.27. The van der Waals surface area contributed by atoms with Gasteiger partial charge >= 0.3 is 12.2 Å². The highest BCUT2D eigenvalue weighted by atomic mass is 19.4. The van der Waals surface area contributed by atoms with Gasteiger partial charge in [0.15, 0.2) is 5.82 Å². The summed E-state index contributed by atoms with van der Waals surface area (Å²) in [5, 5.41) is 8.90. The Labute approximate surface area is 129 Å². The van der Waals surface area contributed by atoms with Crippen molar-refractivity contribution in [1.82, 2.24) is 14.8 Å². The molecule has 0 unspecified atom stereocenters. The Morgan fingerprint density at radius 1 is 1.30 bits per heavy atom. The number of nitrogens with zero attached hydrogens (tertiary/aromatic N) is 3. The number of anilines is 2. The Bertz CT molecular complexity index is 654. The zero-order chi connectivity index (χ0) is 16.9. The first kappa shape index (κ1) is 16.7. The third-order valence-electron chi connectivity index (χ3n) is 2.72. The molecule has 0 bridgehead atoms. The molecule has 0 aliphatic rings. The van der Waals surface area contributed by atoms with Crippen molar-refractivity contribution in [3.63, 3.8) is 0 Å². The second-order valence-corrected chi connectivity index (χ2v) is 4.47. The van der Waals surface area contributed by atoms with Crippen molar-refractivity contribution in [2.45, 2.75) is 12.7 Å². The van der Waals surface area contributed by atoms with Crippen LogP contribution in [0.4, 0.5) is 29.5 Å². The monoisotopic (exact) mass is 329 g/mol. The summed E-state index contributed by atoms with van der Waals surface area (Å²) < 4.78 is 43.6. The van der Waals surface area contributed by atoms with Crippen LogP contribution in [0.25, 0.3) is 0 Å². The second-order valence-electron chi connectivity index (χ2n) is 4.47. The molecule has 0 saturated heterocycles. The molecule has 0 aromatic carbocycles. The van der Waals surface area contributed by atoms with E-state index in [2.05, 4.69) is 20.7 Å². The molecule has 124 valence electrons. The fraction of sp³-hybridized carbons (Fsp3) is 0.308. The number of alkyl halides is 3. The van der Waals surface area contributed by atoms with Gasteiger partial charge in [0.2, 0.25) is 0 Å². The van der Waals surface area contributed by atoms with Crippen LogP contribution >= 0.6 is 0 Å². The molecule has 2 rings (SSSR count). The average Bonchev–Trinajstić information content (AvgIpc) is 2.92. The van der Waals surface area contributed by atoms with E-state index in [1.807, 2.05) is 0 Å². The Morgan fingerprint density at radius 3 is 2.70 bits per heavy atom. The van der Waals surface area contributed by atoms with E-state index in [-0.39, 0.29) is 5.69 Å². The van der Waals surface area contributed by atoms with Crippen molar-refractivity contribution < 1.29 is 22.7 Å². The van der Waals surface area contributed by atoms with Crippen LogP contribution in [-0.2, 0) is 17.5 Å². The predicted molar refractivity (Wildman–Crippen MR) is 76.0 cm³/mol. The van der Waals surface area contributed by atoms with Gasteiger partial charge in [-0.05, 0) is 12.1 Å². The minimum Gasteiger partial charge on any atom is -0.383 e. The summed E-state index contributed by atoms with van der Waals surface area (Å²) in [4.78, 5) is 15.0. The Balaban J connectivity index is 1.90. The van der Waals surface area contributed by atoms with E-state index in [1.165, 1.54) is 0 Å². The smallest absolute Gasteiger partial charge is 0.383 e. The summed E-state index contributed by atoms with van der Waals surface area (Å²) in [6.45, 7) is 1.01. The lowest BCUT2D eigenvalue weighted by Gasteiger charge is -2.08. The lowest BCUT2D eigenvalue weighted by atomic mass is 10.3. The molecule has 2 heterocycles. The standard InChI is InChI=1S/C13H14F3N5O2/c1-23-7-6-21-5-4-11(20-21)19-12(22)18-9-2-3-10(17-8-9)13(14,15)16/h2-5,8H,6-7H2,1H3,(H2,18,19,20,22). The molecule has 0 spiro atoms. The van der Waals surface area contributed by atoms with Crippen molar-refractivity contribution in [1.29, 1.82) is 0 Å². The van der Waals surface area contributed by atoms with Crippen LogP contribution in [0.3, 0.4) is 0 Å². The molecule has 0 radical (unpaired) electrons. The summed E-state index contributed by atoms with van der Waals surface area (Å²) in [6.07, 6.45) is -1.93. The minimum atomic E-state index is -4.52. The highest BCUT2D eigenvalue weighted by molar-refractivity contribution is 5.98. The lowest BCUT2D eigenvalue weighted by molar-refractivity contribution is -0.141. The van der Waals surface area contributed by atoms with Gasteiger partial charge in [-0.15, -0.1) is 0 Å². The largest absolute Gasteiger partial charge is 0.433 e. The molecule has 0 saturated carbocycles. The minimum absolute atomic E-state index is 0.134. The van der Waals surface area contributed by atoms with Gasteiger partial charge in [0.05, 0.1) is 25.0 Å². The van der Waals surface area contributed by atoms with Crippen LogP contribution in [-0.4, -0.2) is 34.5 Å². The fourth-order valence-corrected chi connectivity index (χ4v) is 1.65. The third-order valence-corrected chi connectivity index (χ3v) is 2.72. The number of methoxy groups -OCH3 is 1. The van der Waals surface area contributed by atoms with Crippen molar-refractivity contribution in [3.8, 4) is 0 Å². The molecule has 0 aliphatic heterocycles. The summed E-state index contributed by atoms with van der Waals surface area (Å²) in [7, 11) is 1.56. The summed E-state index contributed by atoms with van der Waals surface area (Å²) >= 11 is 0. The van der Waals surface area contributed by atoms with E-state index in [9.17, 15) is 18.0 Å². The van der Waals surface area contributed by atoms with E-state index >= 15 is 0 Å². The van der Waals surface area contributed by atoms with Gasteiger partial charge in [0, 0.05) is 19.4 Å². The van der Waals surface area contributed by atoms with Gasteiger partial charge in [-0.2, -0.15) is 18.3 Å². The maximum atomic E-state index is 12.4. The average molecular weight is 329 g/mol. The van der Waals surface area contributed by atoms with E-state index in [0.29, 0.717) is 19.0 Å². The van der Waals surface area contributed by atoms with Crippen LogP contribution in [0, 0.1) is 0 Å². The van der Waals surface area contributed by atoms with Gasteiger partial charge in [-0.1, -0.05) is 0 Å². The number of nitrogens with one attached hydrogen (secondary N) is 2. The SMILES string of the molecule is COCCn1ccc(NC(=O)Nc2ccc(C(F)(F)F)nc2)n1. The van der Waals surface area contributed by atoms with Crippen LogP contribution in [0.15, 0.2) is 30.6 Å². The number of hydrogen-bond acceptors (Lipinski definition) is 4. The predicted octanol–water partition coefficient (Wildman–Crippen LogP) is 2.59. The zero-order valence-corrected chi connectivity index (χ0v) is 12.1. The van der Waals surface area contributed by atoms with E-state index < -0.39 is 17.9 Å². The number of urea groups is 1. The number of pyridine rings is 1. The van der Waals surface area contributed by atoms with Gasteiger partial charge in [-0.25, -0.2) is 9.78 Å². The normalized spacial score (nSPS) is 11.3. The Morgan fingerprint density at radius 2 is 2.09 bits per heavy atom. The number of carbonyl (C=O) groups is 1. The highest BCUT2D eigenvalue weighted by Gasteiger charge is 2.32. The number of ether oxygens (including phenoxy) is 1. The van der Waals surface area contributed by atoms with E-state index in [0.717, 1.165) is 18.3 Å². The molecule has 2 aromatic rings. The number of carbonyl (C=O) groups excluding carboxylic acids is 1. The molecule has 2 aromatic heterocycles. The molecule has 0 aliphatic carbocycles. The Kier molecular flexibility index (Phi) is 5.16. The summed E-state index contributed by atoms with van der Waals surface area (Å²) in [5.41, 5.74) is -0.894. The topological polar surface area (TPSA) is 81.1 Å². The maximum Gasteiger partial charge on any atom is 0.433 e. The third kappa shape index (κ3) is 4.95. The van der Waals surface area contributed by atoms with Crippen LogP contribution < -0.4 is 10.6 Å². The summed E-state index contributed by atoms with van der Waals surface area (Å²) in [5.74, 6) is 0.304. The number of hydrogen-bond donors (Lipinski definition) is 2. The Hall–Kier alpha value is -2.62. The van der Waals surface area contributed by atoms with Gasteiger partial charge in [0.1, 0.15) is 5.69 Å². The first-order valence-electron chi connectivity index (χ1n) is 6.52. The second kappa shape index (κ2) is 7.09. The number of halogens is 3. The van der Waals surface area contributed by atoms with Crippen molar-refractivity contribution in [3.05, 3.63) is 36.3 Å². The van der Waals surface area contributed by atoms with E-state index in [4.69, 9.17) is 4.74 Å². The zero-order valence-electron chi connectivity index (χ0n) is 12.1. The molecule has 2 N–H and O–H groups in total. The molecule has 23 heavy (non-hydrogen) atoms. The van der Waals surface area contributed by atoms with Crippen LogP contribution in [0.2, 0.25) is 0 Å². The quantitative estimate of drug-likeness (QED) is 0.883. The molecular formula is C13H14F3N5O2. The lowest BCUT2D eigenvalue weighted by Crippen LogP contribution is -2.20. The van der Waals surface area contributed by atoms with Crippen molar-refractivity contribution in [2.75, 3.05) is 24.4 Å². The summed E-state index contributed by atoms with van der Waals surface area (Å²) in [6, 6.07) is 2.85. The number of amides is 2. The molecule has 2 amide bonds. The first-order valence-corrected chi connectivity index (χ1v) is 6.52. The molecule has 7 nitrogen and oxygen atoms in total.